The van der Waals surface area contributed by atoms with E-state index in [0.29, 0.717) is 12.6 Å². The van der Waals surface area contributed by atoms with Gasteiger partial charge in [-0.1, -0.05) is 42.5 Å². The normalized spacial score (nSPS) is 14.7. The molecular formula is C18H19NO2. The highest BCUT2D eigenvalue weighted by atomic mass is 16.3. The number of fused-ring (bicyclic) bond motifs is 1. The second-order valence-electron chi connectivity index (χ2n) is 5.39. The molecule has 3 heteroatoms. The maximum absolute atomic E-state index is 12.3. The topological polar surface area (TPSA) is 40.5 Å². The molecule has 0 heterocycles. The largest absolute Gasteiger partial charge is 0.395 e. The first-order chi connectivity index (χ1) is 10.3. The molecule has 2 aromatic rings. The highest BCUT2D eigenvalue weighted by Crippen LogP contribution is 2.27. The Morgan fingerprint density at radius 1 is 1.19 bits per heavy atom. The van der Waals surface area contributed by atoms with Crippen molar-refractivity contribution in [2.45, 2.75) is 18.9 Å². The zero-order chi connectivity index (χ0) is 14.7. The molecule has 1 saturated carbocycles. The fourth-order valence-corrected chi connectivity index (χ4v) is 2.62. The number of amides is 1. The number of nitrogens with zero attached hydrogens (tertiary/aromatic N) is 1. The number of aliphatic hydroxyl groups is 1. The maximum atomic E-state index is 12.3. The summed E-state index contributed by atoms with van der Waals surface area (Å²) >= 11 is 0. The van der Waals surface area contributed by atoms with Crippen molar-refractivity contribution < 1.29 is 9.90 Å². The molecule has 1 fully saturated rings. The van der Waals surface area contributed by atoms with Gasteiger partial charge in [0.05, 0.1) is 6.61 Å². The van der Waals surface area contributed by atoms with Crippen LogP contribution in [-0.2, 0) is 4.79 Å². The van der Waals surface area contributed by atoms with Crippen LogP contribution in [0.1, 0.15) is 18.4 Å². The lowest BCUT2D eigenvalue weighted by Crippen LogP contribution is -2.34. The number of rotatable bonds is 5. The average Bonchev–Trinajstić information content (AvgIpc) is 3.35. The summed E-state index contributed by atoms with van der Waals surface area (Å²) in [6, 6.07) is 14.5. The molecule has 0 aromatic heterocycles. The van der Waals surface area contributed by atoms with Crippen molar-refractivity contribution in [2.75, 3.05) is 13.2 Å². The van der Waals surface area contributed by atoms with Crippen LogP contribution in [0.4, 0.5) is 0 Å². The molecule has 108 valence electrons. The monoisotopic (exact) mass is 281 g/mol. The Morgan fingerprint density at radius 3 is 2.71 bits per heavy atom. The van der Waals surface area contributed by atoms with E-state index >= 15 is 0 Å². The van der Waals surface area contributed by atoms with Gasteiger partial charge in [0.1, 0.15) is 0 Å². The molecule has 0 unspecified atom stereocenters. The number of hydrogen-bond donors (Lipinski definition) is 1. The molecule has 3 rings (SSSR count). The van der Waals surface area contributed by atoms with Crippen LogP contribution >= 0.6 is 0 Å². The van der Waals surface area contributed by atoms with Crippen molar-refractivity contribution in [1.29, 1.82) is 0 Å². The maximum Gasteiger partial charge on any atom is 0.246 e. The highest BCUT2D eigenvalue weighted by Gasteiger charge is 2.30. The van der Waals surface area contributed by atoms with E-state index in [-0.39, 0.29) is 12.5 Å². The third-order valence-corrected chi connectivity index (χ3v) is 3.84. The van der Waals surface area contributed by atoms with Crippen molar-refractivity contribution >= 4 is 22.8 Å². The predicted octanol–water partition coefficient (Wildman–Crippen LogP) is 2.84. The van der Waals surface area contributed by atoms with Crippen LogP contribution in [0.2, 0.25) is 0 Å². The standard InChI is InChI=1S/C18H19NO2/c20-13-12-19(16-9-10-16)18(21)11-8-15-6-3-5-14-4-1-2-7-17(14)15/h1-8,11,16,20H,9-10,12-13H2/b11-8+. The molecule has 0 atom stereocenters. The summed E-state index contributed by atoms with van der Waals surface area (Å²) in [5.74, 6) is -0.0144. The van der Waals surface area contributed by atoms with Gasteiger partial charge in [0.25, 0.3) is 0 Å². The Kier molecular flexibility index (Phi) is 4.02. The molecule has 0 aliphatic heterocycles. The highest BCUT2D eigenvalue weighted by molar-refractivity contribution is 5.96. The Bertz CT molecular complexity index is 668. The van der Waals surface area contributed by atoms with Crippen molar-refractivity contribution in [3.63, 3.8) is 0 Å². The first-order valence-corrected chi connectivity index (χ1v) is 7.37. The van der Waals surface area contributed by atoms with Crippen LogP contribution in [-0.4, -0.2) is 35.1 Å². The summed E-state index contributed by atoms with van der Waals surface area (Å²) in [6.45, 7) is 0.438. The van der Waals surface area contributed by atoms with Crippen molar-refractivity contribution in [3.05, 3.63) is 54.1 Å². The summed E-state index contributed by atoms with van der Waals surface area (Å²) in [4.78, 5) is 14.0. The lowest BCUT2D eigenvalue weighted by Gasteiger charge is -2.19. The fraction of sp³-hybridized carbons (Fsp3) is 0.278. The van der Waals surface area contributed by atoms with Crippen molar-refractivity contribution in [1.82, 2.24) is 4.90 Å². The third kappa shape index (κ3) is 3.14. The van der Waals surface area contributed by atoms with Crippen LogP contribution in [0.15, 0.2) is 48.5 Å². The smallest absolute Gasteiger partial charge is 0.246 e. The minimum Gasteiger partial charge on any atom is -0.395 e. The van der Waals surface area contributed by atoms with Crippen molar-refractivity contribution in [3.8, 4) is 0 Å². The van der Waals surface area contributed by atoms with Gasteiger partial charge >= 0.3 is 0 Å². The molecular weight excluding hydrogens is 262 g/mol. The molecule has 0 spiro atoms. The van der Waals surface area contributed by atoms with Crippen LogP contribution in [0.5, 0.6) is 0 Å². The van der Waals surface area contributed by atoms with E-state index in [4.69, 9.17) is 5.11 Å². The lowest BCUT2D eigenvalue weighted by molar-refractivity contribution is -0.127. The Hall–Kier alpha value is -2.13. The Morgan fingerprint density at radius 2 is 1.95 bits per heavy atom. The zero-order valence-electron chi connectivity index (χ0n) is 11.9. The minimum absolute atomic E-state index is 0.0144. The van der Waals surface area contributed by atoms with Gasteiger partial charge in [-0.05, 0) is 35.3 Å². The first-order valence-electron chi connectivity index (χ1n) is 7.37. The van der Waals surface area contributed by atoms with E-state index in [1.54, 1.807) is 11.0 Å². The molecule has 1 N–H and O–H groups in total. The molecule has 2 aromatic carbocycles. The summed E-state index contributed by atoms with van der Waals surface area (Å²) in [5.41, 5.74) is 1.04. The lowest BCUT2D eigenvalue weighted by atomic mass is 10.0. The number of benzene rings is 2. The number of hydrogen-bond acceptors (Lipinski definition) is 2. The van der Waals surface area contributed by atoms with E-state index < -0.39 is 0 Å². The SMILES string of the molecule is O=C(/C=C/c1cccc2ccccc12)N(CCO)C1CC1. The molecule has 0 bridgehead atoms. The number of aliphatic hydroxyl groups excluding tert-OH is 1. The molecule has 0 saturated heterocycles. The van der Waals surface area contributed by atoms with Crippen LogP contribution in [0.25, 0.3) is 16.8 Å². The zero-order valence-corrected chi connectivity index (χ0v) is 11.9. The van der Waals surface area contributed by atoms with E-state index in [0.717, 1.165) is 23.8 Å². The van der Waals surface area contributed by atoms with Gasteiger partial charge in [-0.2, -0.15) is 0 Å². The summed E-state index contributed by atoms with van der Waals surface area (Å²) in [5, 5.41) is 11.4. The predicted molar refractivity (Wildman–Crippen MR) is 84.8 cm³/mol. The molecule has 1 aliphatic rings. The van der Waals surface area contributed by atoms with Gasteiger partial charge in [0.15, 0.2) is 0 Å². The molecule has 0 radical (unpaired) electrons. The summed E-state index contributed by atoms with van der Waals surface area (Å²) < 4.78 is 0. The van der Waals surface area contributed by atoms with Gasteiger partial charge in [0.2, 0.25) is 5.91 Å². The van der Waals surface area contributed by atoms with Gasteiger partial charge < -0.3 is 10.0 Å². The summed E-state index contributed by atoms with van der Waals surface area (Å²) in [7, 11) is 0. The summed E-state index contributed by atoms with van der Waals surface area (Å²) in [6.07, 6.45) is 5.59. The van der Waals surface area contributed by atoms with Crippen LogP contribution < -0.4 is 0 Å². The van der Waals surface area contributed by atoms with E-state index in [1.165, 1.54) is 5.39 Å². The Labute approximate surface area is 124 Å². The van der Waals surface area contributed by atoms with E-state index in [2.05, 4.69) is 18.2 Å². The third-order valence-electron chi connectivity index (χ3n) is 3.84. The Balaban J connectivity index is 1.82. The minimum atomic E-state index is -0.0144. The quantitative estimate of drug-likeness (QED) is 0.856. The molecule has 1 amide bonds. The second kappa shape index (κ2) is 6.10. The van der Waals surface area contributed by atoms with E-state index in [1.807, 2.05) is 30.3 Å². The van der Waals surface area contributed by atoms with Gasteiger partial charge in [-0.3, -0.25) is 4.79 Å². The van der Waals surface area contributed by atoms with Gasteiger partial charge in [-0.25, -0.2) is 0 Å². The molecule has 3 nitrogen and oxygen atoms in total. The van der Waals surface area contributed by atoms with Gasteiger partial charge in [0, 0.05) is 18.7 Å². The second-order valence-corrected chi connectivity index (χ2v) is 5.39. The molecule has 21 heavy (non-hydrogen) atoms. The van der Waals surface area contributed by atoms with Crippen LogP contribution in [0, 0.1) is 0 Å². The van der Waals surface area contributed by atoms with E-state index in [9.17, 15) is 4.79 Å². The van der Waals surface area contributed by atoms with Gasteiger partial charge in [-0.15, -0.1) is 0 Å². The van der Waals surface area contributed by atoms with Crippen molar-refractivity contribution in [2.24, 2.45) is 0 Å². The number of carbonyl (C=O) groups excluding carboxylic acids is 1. The fourth-order valence-electron chi connectivity index (χ4n) is 2.62. The molecule has 1 aliphatic carbocycles. The van der Waals surface area contributed by atoms with Crippen LogP contribution in [0.3, 0.4) is 0 Å². The average molecular weight is 281 g/mol. The number of carbonyl (C=O) groups is 1. The first kappa shape index (κ1) is 13.8.